The number of allylic oxidation sites excluding steroid dienone is 1. The number of rotatable bonds is 4. The zero-order valence-electron chi connectivity index (χ0n) is 10.0. The van der Waals surface area contributed by atoms with Crippen LogP contribution in [0.25, 0.3) is 0 Å². The third kappa shape index (κ3) is 4.09. The molecule has 0 aromatic carbocycles. The van der Waals surface area contributed by atoms with Crippen molar-refractivity contribution in [1.82, 2.24) is 0 Å². The van der Waals surface area contributed by atoms with Crippen molar-refractivity contribution >= 4 is 14.3 Å². The van der Waals surface area contributed by atoms with E-state index in [9.17, 15) is 4.79 Å². The molecule has 0 aromatic rings. The Morgan fingerprint density at radius 2 is 1.93 bits per heavy atom. The van der Waals surface area contributed by atoms with E-state index in [0.29, 0.717) is 12.8 Å². The molecule has 0 aromatic heterocycles. The molecular formula is C11H22O2Si. The van der Waals surface area contributed by atoms with Crippen LogP contribution in [0.15, 0.2) is 12.7 Å². The maximum absolute atomic E-state index is 11.4. The van der Waals surface area contributed by atoms with Crippen molar-refractivity contribution in [1.29, 1.82) is 0 Å². The average Bonchev–Trinajstić information content (AvgIpc) is 1.97. The molecule has 0 rings (SSSR count). The number of hydrogen-bond acceptors (Lipinski definition) is 2. The Balaban J connectivity index is 4.22. The summed E-state index contributed by atoms with van der Waals surface area (Å²) >= 11 is 0. The van der Waals surface area contributed by atoms with E-state index in [2.05, 4.69) is 40.4 Å². The highest BCUT2D eigenvalue weighted by Crippen LogP contribution is 2.36. The standard InChI is InChI=1S/C11H22O2Si/c1-7-8-9-10(12)13-14(5,6)11(2,3)4/h7H,1,8-9H2,2-6H3. The zero-order valence-corrected chi connectivity index (χ0v) is 11.0. The first-order chi connectivity index (χ1) is 6.20. The van der Waals surface area contributed by atoms with Gasteiger partial charge in [0, 0.05) is 6.42 Å². The van der Waals surface area contributed by atoms with Gasteiger partial charge in [0.2, 0.25) is 0 Å². The highest BCUT2D eigenvalue weighted by molar-refractivity contribution is 6.75. The predicted octanol–water partition coefficient (Wildman–Crippen LogP) is 3.50. The molecule has 3 heteroatoms. The van der Waals surface area contributed by atoms with Crippen LogP contribution in [0.3, 0.4) is 0 Å². The van der Waals surface area contributed by atoms with E-state index < -0.39 is 8.32 Å². The average molecular weight is 214 g/mol. The Kier molecular flexibility index (Phi) is 4.58. The molecule has 14 heavy (non-hydrogen) atoms. The van der Waals surface area contributed by atoms with Crippen LogP contribution in [0.4, 0.5) is 0 Å². The molecule has 0 aliphatic rings. The molecule has 0 aliphatic heterocycles. The molecule has 0 atom stereocenters. The topological polar surface area (TPSA) is 26.3 Å². The normalized spacial score (nSPS) is 12.4. The molecule has 0 amide bonds. The summed E-state index contributed by atoms with van der Waals surface area (Å²) in [5.74, 6) is -0.0866. The fourth-order valence-corrected chi connectivity index (χ4v) is 1.69. The summed E-state index contributed by atoms with van der Waals surface area (Å²) in [5.41, 5.74) is 0. The van der Waals surface area contributed by atoms with Gasteiger partial charge in [0.25, 0.3) is 14.3 Å². The fourth-order valence-electron chi connectivity index (χ4n) is 0.709. The minimum absolute atomic E-state index is 0.0866. The lowest BCUT2D eigenvalue weighted by atomic mass is 10.2. The van der Waals surface area contributed by atoms with Gasteiger partial charge < -0.3 is 4.43 Å². The van der Waals surface area contributed by atoms with E-state index in [-0.39, 0.29) is 11.0 Å². The number of carbonyl (C=O) groups excluding carboxylic acids is 1. The molecular weight excluding hydrogens is 192 g/mol. The first-order valence-electron chi connectivity index (χ1n) is 5.03. The van der Waals surface area contributed by atoms with Crippen molar-refractivity contribution < 1.29 is 9.22 Å². The van der Waals surface area contributed by atoms with Gasteiger partial charge in [0.05, 0.1) is 0 Å². The van der Waals surface area contributed by atoms with Gasteiger partial charge in [-0.25, -0.2) is 0 Å². The summed E-state index contributed by atoms with van der Waals surface area (Å²) in [5, 5.41) is 0.0941. The van der Waals surface area contributed by atoms with Crippen LogP contribution >= 0.6 is 0 Å². The number of carbonyl (C=O) groups is 1. The molecule has 0 saturated heterocycles. The lowest BCUT2D eigenvalue weighted by Crippen LogP contribution is -2.42. The molecule has 2 nitrogen and oxygen atoms in total. The molecule has 82 valence electrons. The fraction of sp³-hybridized carbons (Fsp3) is 0.727. The van der Waals surface area contributed by atoms with Gasteiger partial charge in [-0.1, -0.05) is 26.8 Å². The minimum Gasteiger partial charge on any atom is -0.519 e. The largest absolute Gasteiger partial charge is 0.519 e. The smallest absolute Gasteiger partial charge is 0.292 e. The summed E-state index contributed by atoms with van der Waals surface area (Å²) < 4.78 is 5.56. The van der Waals surface area contributed by atoms with Gasteiger partial charge in [-0.2, -0.15) is 0 Å². The summed E-state index contributed by atoms with van der Waals surface area (Å²) in [6.45, 7) is 14.1. The van der Waals surface area contributed by atoms with Crippen molar-refractivity contribution in [3.8, 4) is 0 Å². The minimum atomic E-state index is -1.90. The van der Waals surface area contributed by atoms with Crippen LogP contribution in [-0.2, 0) is 9.22 Å². The van der Waals surface area contributed by atoms with Crippen molar-refractivity contribution in [2.24, 2.45) is 0 Å². The van der Waals surface area contributed by atoms with Crippen LogP contribution < -0.4 is 0 Å². The number of hydrogen-bond donors (Lipinski definition) is 0. The van der Waals surface area contributed by atoms with E-state index in [1.54, 1.807) is 6.08 Å². The van der Waals surface area contributed by atoms with Crippen LogP contribution in [0.2, 0.25) is 18.1 Å². The summed E-state index contributed by atoms with van der Waals surface area (Å²) in [7, 11) is -1.90. The van der Waals surface area contributed by atoms with Gasteiger partial charge in [0.15, 0.2) is 0 Å². The predicted molar refractivity (Wildman–Crippen MR) is 62.7 cm³/mol. The van der Waals surface area contributed by atoms with Crippen molar-refractivity contribution in [2.45, 2.75) is 51.7 Å². The Hall–Kier alpha value is -0.573. The molecule has 0 unspecified atom stereocenters. The van der Waals surface area contributed by atoms with Gasteiger partial charge >= 0.3 is 0 Å². The molecule has 0 aliphatic carbocycles. The lowest BCUT2D eigenvalue weighted by Gasteiger charge is -2.35. The SMILES string of the molecule is C=CCCC(=O)O[Si](C)(C)C(C)(C)C. The first kappa shape index (κ1) is 13.4. The Morgan fingerprint density at radius 3 is 2.29 bits per heavy atom. The van der Waals surface area contributed by atoms with Gasteiger partial charge in [-0.15, -0.1) is 6.58 Å². The monoisotopic (exact) mass is 214 g/mol. The van der Waals surface area contributed by atoms with E-state index >= 15 is 0 Å². The van der Waals surface area contributed by atoms with Crippen molar-refractivity contribution in [3.05, 3.63) is 12.7 Å². The van der Waals surface area contributed by atoms with E-state index in [0.717, 1.165) is 0 Å². The van der Waals surface area contributed by atoms with Crippen LogP contribution in [0.1, 0.15) is 33.6 Å². The summed E-state index contributed by atoms with van der Waals surface area (Å²) in [4.78, 5) is 11.4. The second-order valence-electron chi connectivity index (χ2n) is 5.06. The molecule has 0 bridgehead atoms. The third-order valence-electron chi connectivity index (χ3n) is 2.73. The van der Waals surface area contributed by atoms with Gasteiger partial charge in [0.1, 0.15) is 0 Å². The molecule has 0 fully saturated rings. The molecule has 0 radical (unpaired) electrons. The van der Waals surface area contributed by atoms with Crippen molar-refractivity contribution in [2.75, 3.05) is 0 Å². The molecule has 0 heterocycles. The second-order valence-corrected chi connectivity index (χ2v) is 9.79. The van der Waals surface area contributed by atoms with Crippen LogP contribution in [0.5, 0.6) is 0 Å². The Morgan fingerprint density at radius 1 is 1.43 bits per heavy atom. The highest BCUT2D eigenvalue weighted by Gasteiger charge is 2.40. The van der Waals surface area contributed by atoms with Gasteiger partial charge in [-0.3, -0.25) is 4.79 Å². The maximum atomic E-state index is 11.4. The van der Waals surface area contributed by atoms with Crippen LogP contribution in [0, 0.1) is 0 Å². The van der Waals surface area contributed by atoms with E-state index in [1.165, 1.54) is 0 Å². The lowest BCUT2D eigenvalue weighted by molar-refractivity contribution is -0.135. The molecule has 0 saturated carbocycles. The first-order valence-corrected chi connectivity index (χ1v) is 7.94. The maximum Gasteiger partial charge on any atom is 0.292 e. The third-order valence-corrected chi connectivity index (χ3v) is 7.08. The molecule has 0 spiro atoms. The van der Waals surface area contributed by atoms with Gasteiger partial charge in [-0.05, 0) is 24.6 Å². The zero-order chi connectivity index (χ0) is 11.4. The van der Waals surface area contributed by atoms with E-state index in [4.69, 9.17) is 4.43 Å². The Bertz CT molecular complexity index is 214. The quantitative estimate of drug-likeness (QED) is 0.529. The Labute approximate surface area is 88.5 Å². The summed E-state index contributed by atoms with van der Waals surface area (Å²) in [6.07, 6.45) is 2.90. The molecule has 0 N–H and O–H groups in total. The highest BCUT2D eigenvalue weighted by atomic mass is 28.4. The van der Waals surface area contributed by atoms with Crippen molar-refractivity contribution in [3.63, 3.8) is 0 Å². The second kappa shape index (κ2) is 4.78. The van der Waals surface area contributed by atoms with Crippen LogP contribution in [-0.4, -0.2) is 14.3 Å². The summed E-state index contributed by atoms with van der Waals surface area (Å²) in [6, 6.07) is 0. The van der Waals surface area contributed by atoms with E-state index in [1.807, 2.05) is 0 Å².